The van der Waals surface area contributed by atoms with Gasteiger partial charge in [0.1, 0.15) is 12.7 Å². The third kappa shape index (κ3) is 33.1. The average molecular weight is 732 g/mol. The van der Waals surface area contributed by atoms with Crippen LogP contribution in [0.15, 0.2) is 24.3 Å². The normalized spacial score (nSPS) is 14.2. The number of carbonyl (C=O) groups is 3. The Balaban J connectivity index is 3.96. The highest BCUT2D eigenvalue weighted by Gasteiger charge is 2.28. The number of phosphoric ester groups is 1. The minimum Gasteiger partial charge on any atom is -0.480 e. The molecule has 0 aromatic carbocycles. The molecule has 11 nitrogen and oxygen atoms in total. The number of phosphoric acid groups is 1. The Kier molecular flexibility index (Phi) is 32.7. The van der Waals surface area contributed by atoms with Gasteiger partial charge in [-0.05, 0) is 57.8 Å². The molecular formula is C38H70NO10P. The number of nitrogens with one attached hydrogen (secondary N) is 1. The lowest BCUT2D eigenvalue weighted by Gasteiger charge is -2.18. The lowest BCUT2D eigenvalue weighted by atomic mass is 10.1. The monoisotopic (exact) mass is 731 g/mol. The second-order valence-electron chi connectivity index (χ2n) is 13.1. The summed E-state index contributed by atoms with van der Waals surface area (Å²) >= 11 is 0. The molecular weight excluding hydrogens is 661 g/mol. The molecule has 50 heavy (non-hydrogen) atoms. The minimum atomic E-state index is -4.75. The van der Waals surface area contributed by atoms with Crippen LogP contribution >= 0.6 is 7.82 Å². The molecule has 0 aromatic rings. The Labute approximate surface area is 302 Å². The summed E-state index contributed by atoms with van der Waals surface area (Å²) in [6, 6.07) is -1.55. The zero-order valence-corrected chi connectivity index (χ0v) is 32.1. The number of unbranched alkanes of at least 4 members (excludes halogenated alkanes) is 18. The predicted molar refractivity (Wildman–Crippen MR) is 199 cm³/mol. The van der Waals surface area contributed by atoms with Crippen molar-refractivity contribution in [1.82, 2.24) is 5.32 Å². The summed E-state index contributed by atoms with van der Waals surface area (Å²) in [4.78, 5) is 45.6. The van der Waals surface area contributed by atoms with Gasteiger partial charge < -0.3 is 25.2 Å². The topological polar surface area (TPSA) is 169 Å². The zero-order valence-electron chi connectivity index (χ0n) is 31.2. The highest BCUT2D eigenvalue weighted by molar-refractivity contribution is 7.47. The van der Waals surface area contributed by atoms with Gasteiger partial charge >= 0.3 is 19.8 Å². The van der Waals surface area contributed by atoms with Crippen LogP contribution in [-0.4, -0.2) is 64.9 Å². The summed E-state index contributed by atoms with van der Waals surface area (Å²) in [6.07, 6.45) is 32.1. The van der Waals surface area contributed by atoms with E-state index >= 15 is 0 Å². The zero-order chi connectivity index (χ0) is 37.1. The van der Waals surface area contributed by atoms with Gasteiger partial charge in [-0.25, -0.2) is 9.36 Å². The fraction of sp³-hybridized carbons (Fsp3) is 0.816. The number of esters is 1. The van der Waals surface area contributed by atoms with Crippen molar-refractivity contribution in [3.05, 3.63) is 24.3 Å². The number of hydrogen-bond acceptors (Lipinski definition) is 8. The molecule has 0 radical (unpaired) electrons. The first kappa shape index (κ1) is 48.0. The van der Waals surface area contributed by atoms with E-state index in [-0.39, 0.29) is 12.8 Å². The van der Waals surface area contributed by atoms with Crippen LogP contribution in [0.1, 0.15) is 168 Å². The highest BCUT2D eigenvalue weighted by atomic mass is 31.2. The number of ether oxygens (including phenoxy) is 1. The molecule has 0 heterocycles. The maximum Gasteiger partial charge on any atom is 0.472 e. The van der Waals surface area contributed by atoms with Gasteiger partial charge in [-0.15, -0.1) is 0 Å². The molecule has 1 amide bonds. The van der Waals surface area contributed by atoms with Gasteiger partial charge in [0, 0.05) is 12.8 Å². The molecule has 0 fully saturated rings. The van der Waals surface area contributed by atoms with Crippen LogP contribution in [0.5, 0.6) is 0 Å². The number of allylic oxidation sites excluding steroid dienone is 4. The second kappa shape index (κ2) is 34.1. The van der Waals surface area contributed by atoms with E-state index in [2.05, 4.69) is 43.5 Å². The van der Waals surface area contributed by atoms with Gasteiger partial charge in [0.25, 0.3) is 0 Å². The van der Waals surface area contributed by atoms with Gasteiger partial charge in [0.05, 0.1) is 13.2 Å². The SMILES string of the molecule is CCCC/C=C\CCCCCCCC(=O)NC(COP(=O)(O)OCC(O)COC(=O)CCCCCCC/C=C\CCCCCCCC)C(=O)O. The summed E-state index contributed by atoms with van der Waals surface area (Å²) in [6.45, 7) is 2.51. The van der Waals surface area contributed by atoms with E-state index in [1.807, 2.05) is 0 Å². The van der Waals surface area contributed by atoms with Crippen molar-refractivity contribution in [2.24, 2.45) is 0 Å². The number of aliphatic hydroxyl groups is 1. The van der Waals surface area contributed by atoms with Crippen molar-refractivity contribution in [1.29, 1.82) is 0 Å². The van der Waals surface area contributed by atoms with Crippen molar-refractivity contribution in [2.45, 2.75) is 180 Å². The van der Waals surface area contributed by atoms with Crippen LogP contribution in [0.25, 0.3) is 0 Å². The Morgan fingerprint density at radius 1 is 0.620 bits per heavy atom. The molecule has 0 aliphatic heterocycles. The molecule has 3 unspecified atom stereocenters. The Hall–Kier alpha value is -2.04. The van der Waals surface area contributed by atoms with E-state index in [0.29, 0.717) is 12.8 Å². The van der Waals surface area contributed by atoms with Gasteiger partial charge in [0.2, 0.25) is 5.91 Å². The molecule has 0 spiro atoms. The standard InChI is InChI=1S/C38H70NO10P/c1-3-5-7-9-11-13-15-16-17-18-20-22-24-26-28-30-37(42)47-31-34(40)32-48-50(45,46)49-33-35(38(43)44)39-36(41)29-27-25-23-21-19-14-12-10-8-6-4-2/h10,12,16-17,34-35,40H,3-9,11,13-15,18-33H2,1-2H3,(H,39,41)(H,43,44)(H,45,46)/b12-10-,17-16-. The lowest BCUT2D eigenvalue weighted by molar-refractivity contribution is -0.147. The van der Waals surface area contributed by atoms with E-state index < -0.39 is 57.6 Å². The van der Waals surface area contributed by atoms with Crippen LogP contribution in [0.4, 0.5) is 0 Å². The molecule has 0 aliphatic carbocycles. The number of aliphatic hydroxyl groups excluding tert-OH is 1. The number of aliphatic carboxylic acids is 1. The number of rotatable bonds is 36. The predicted octanol–water partition coefficient (Wildman–Crippen LogP) is 9.11. The first-order chi connectivity index (χ1) is 24.1. The molecule has 0 bridgehead atoms. The third-order valence-corrected chi connectivity index (χ3v) is 9.16. The fourth-order valence-electron chi connectivity index (χ4n) is 5.11. The maximum absolute atomic E-state index is 12.2. The number of amides is 1. The van der Waals surface area contributed by atoms with Crippen LogP contribution < -0.4 is 5.32 Å². The Bertz CT molecular complexity index is 958. The number of carboxylic acid groups (broad SMARTS) is 1. The van der Waals surface area contributed by atoms with Crippen molar-refractivity contribution >= 4 is 25.7 Å². The molecule has 0 aromatic heterocycles. The van der Waals surface area contributed by atoms with Crippen LogP contribution in [0.2, 0.25) is 0 Å². The lowest BCUT2D eigenvalue weighted by Crippen LogP contribution is -2.43. The van der Waals surface area contributed by atoms with E-state index in [9.17, 15) is 34.1 Å². The van der Waals surface area contributed by atoms with E-state index in [0.717, 1.165) is 77.0 Å². The highest BCUT2D eigenvalue weighted by Crippen LogP contribution is 2.43. The van der Waals surface area contributed by atoms with Crippen molar-refractivity contribution < 1.29 is 47.8 Å². The van der Waals surface area contributed by atoms with E-state index in [1.54, 1.807) is 0 Å². The maximum atomic E-state index is 12.2. The van der Waals surface area contributed by atoms with Gasteiger partial charge in [-0.1, -0.05) is 122 Å². The van der Waals surface area contributed by atoms with Crippen molar-refractivity contribution in [3.8, 4) is 0 Å². The Morgan fingerprint density at radius 2 is 1.06 bits per heavy atom. The molecule has 0 rings (SSSR count). The molecule has 292 valence electrons. The molecule has 0 saturated carbocycles. The van der Waals surface area contributed by atoms with Crippen LogP contribution in [0, 0.1) is 0 Å². The summed E-state index contributed by atoms with van der Waals surface area (Å²) in [5, 5.41) is 21.7. The van der Waals surface area contributed by atoms with Crippen molar-refractivity contribution in [3.63, 3.8) is 0 Å². The fourth-order valence-corrected chi connectivity index (χ4v) is 5.89. The summed E-state index contributed by atoms with van der Waals surface area (Å²) in [5.74, 6) is -2.40. The molecule has 0 aliphatic rings. The van der Waals surface area contributed by atoms with Gasteiger partial charge in [0.15, 0.2) is 6.04 Å². The second-order valence-corrected chi connectivity index (χ2v) is 14.6. The first-order valence-electron chi connectivity index (χ1n) is 19.4. The molecule has 12 heteroatoms. The molecule has 4 N–H and O–H groups in total. The smallest absolute Gasteiger partial charge is 0.472 e. The molecule has 0 saturated heterocycles. The minimum absolute atomic E-state index is 0.135. The summed E-state index contributed by atoms with van der Waals surface area (Å²) in [5.41, 5.74) is 0. The van der Waals surface area contributed by atoms with Gasteiger partial charge in [-0.2, -0.15) is 0 Å². The largest absolute Gasteiger partial charge is 0.480 e. The quantitative estimate of drug-likeness (QED) is 0.0211. The van der Waals surface area contributed by atoms with Crippen LogP contribution in [0.3, 0.4) is 0 Å². The van der Waals surface area contributed by atoms with Crippen LogP contribution in [-0.2, 0) is 32.7 Å². The van der Waals surface area contributed by atoms with E-state index in [1.165, 1.54) is 51.4 Å². The molecule has 3 atom stereocenters. The number of carboxylic acids is 1. The Morgan fingerprint density at radius 3 is 1.58 bits per heavy atom. The summed E-state index contributed by atoms with van der Waals surface area (Å²) < 4.78 is 26.7. The first-order valence-corrected chi connectivity index (χ1v) is 20.9. The van der Waals surface area contributed by atoms with Crippen molar-refractivity contribution in [2.75, 3.05) is 19.8 Å². The number of hydrogen-bond donors (Lipinski definition) is 4. The van der Waals surface area contributed by atoms with Gasteiger partial charge in [-0.3, -0.25) is 18.6 Å². The summed E-state index contributed by atoms with van der Waals surface area (Å²) in [7, 11) is -4.75. The average Bonchev–Trinajstić information content (AvgIpc) is 3.08. The van der Waals surface area contributed by atoms with E-state index in [4.69, 9.17) is 13.8 Å². The third-order valence-electron chi connectivity index (χ3n) is 8.21. The number of carbonyl (C=O) groups excluding carboxylic acids is 2.